The van der Waals surface area contributed by atoms with E-state index in [1.165, 1.54) is 11.6 Å². The van der Waals surface area contributed by atoms with Crippen LogP contribution < -0.4 is 5.32 Å². The minimum Gasteiger partial charge on any atom is -0.304 e. The molecule has 0 saturated heterocycles. The van der Waals surface area contributed by atoms with Crippen LogP contribution in [0, 0.1) is 5.82 Å². The highest BCUT2D eigenvalue weighted by Crippen LogP contribution is 2.19. The lowest BCUT2D eigenvalue weighted by molar-refractivity contribution is 0.492. The second-order valence-electron chi connectivity index (χ2n) is 4.58. The van der Waals surface area contributed by atoms with Gasteiger partial charge in [0.1, 0.15) is 5.82 Å². The monoisotopic (exact) mass is 243 g/mol. The van der Waals surface area contributed by atoms with Gasteiger partial charge in [-0.2, -0.15) is 0 Å². The Morgan fingerprint density at radius 3 is 2.11 bits per heavy atom. The van der Waals surface area contributed by atoms with Crippen LogP contribution in [0.5, 0.6) is 0 Å². The summed E-state index contributed by atoms with van der Waals surface area (Å²) in [5, 5.41) is 3.47. The molecule has 0 fully saturated rings. The minimum absolute atomic E-state index is 0.121. The van der Waals surface area contributed by atoms with E-state index in [1.54, 1.807) is 12.1 Å². The summed E-state index contributed by atoms with van der Waals surface area (Å²) in [6, 6.07) is 17.3. The van der Waals surface area contributed by atoms with Gasteiger partial charge in [-0.25, -0.2) is 4.39 Å². The molecule has 2 heteroatoms. The molecular formula is C16H18FN. The van der Waals surface area contributed by atoms with Crippen molar-refractivity contribution in [3.8, 4) is 0 Å². The lowest BCUT2D eigenvalue weighted by atomic mass is 10.0. The molecule has 2 aromatic carbocycles. The molecule has 18 heavy (non-hydrogen) atoms. The van der Waals surface area contributed by atoms with Crippen LogP contribution in [0.3, 0.4) is 0 Å². The molecule has 2 unspecified atom stereocenters. The van der Waals surface area contributed by atoms with Gasteiger partial charge >= 0.3 is 0 Å². The maximum atomic E-state index is 13.2. The Morgan fingerprint density at radius 1 is 0.833 bits per heavy atom. The van der Waals surface area contributed by atoms with Crippen molar-refractivity contribution in [1.29, 1.82) is 0 Å². The number of halogens is 1. The Labute approximate surface area is 108 Å². The average molecular weight is 243 g/mol. The molecule has 2 rings (SSSR count). The quantitative estimate of drug-likeness (QED) is 0.847. The van der Waals surface area contributed by atoms with E-state index in [0.29, 0.717) is 0 Å². The highest BCUT2D eigenvalue weighted by molar-refractivity contribution is 5.22. The molecule has 94 valence electrons. The van der Waals surface area contributed by atoms with Gasteiger partial charge in [0, 0.05) is 12.1 Å². The highest BCUT2D eigenvalue weighted by atomic mass is 19.1. The van der Waals surface area contributed by atoms with Crippen LogP contribution in [0.1, 0.15) is 37.1 Å². The van der Waals surface area contributed by atoms with Crippen LogP contribution >= 0.6 is 0 Å². The van der Waals surface area contributed by atoms with E-state index < -0.39 is 0 Å². The maximum Gasteiger partial charge on any atom is 0.123 e. The van der Waals surface area contributed by atoms with Gasteiger partial charge in [-0.05, 0) is 37.1 Å². The summed E-state index contributed by atoms with van der Waals surface area (Å²) in [5.74, 6) is -0.187. The first-order valence-electron chi connectivity index (χ1n) is 6.23. The van der Waals surface area contributed by atoms with Gasteiger partial charge in [0.2, 0.25) is 0 Å². The lowest BCUT2D eigenvalue weighted by Crippen LogP contribution is -2.22. The van der Waals surface area contributed by atoms with E-state index in [1.807, 2.05) is 31.2 Å². The van der Waals surface area contributed by atoms with E-state index in [9.17, 15) is 4.39 Å². The minimum atomic E-state index is -0.187. The predicted molar refractivity (Wildman–Crippen MR) is 72.8 cm³/mol. The smallest absolute Gasteiger partial charge is 0.123 e. The Bertz CT molecular complexity index is 495. The summed E-state index contributed by atoms with van der Waals surface area (Å²) in [7, 11) is 0. The van der Waals surface area contributed by atoms with Crippen molar-refractivity contribution in [2.45, 2.75) is 25.9 Å². The molecule has 0 aliphatic carbocycles. The molecular weight excluding hydrogens is 225 g/mol. The molecule has 0 amide bonds. The molecule has 0 bridgehead atoms. The van der Waals surface area contributed by atoms with Crippen LogP contribution in [0.25, 0.3) is 0 Å². The third-order valence-corrected chi connectivity index (χ3v) is 3.15. The summed E-state index contributed by atoms with van der Waals surface area (Å²) in [6.07, 6.45) is 0. The first kappa shape index (κ1) is 12.8. The van der Waals surface area contributed by atoms with Gasteiger partial charge in [-0.1, -0.05) is 42.5 Å². The summed E-state index contributed by atoms with van der Waals surface area (Å²) in [5.41, 5.74) is 2.21. The molecule has 0 saturated carbocycles. The highest BCUT2D eigenvalue weighted by Gasteiger charge is 2.11. The van der Waals surface area contributed by atoms with Gasteiger partial charge in [0.25, 0.3) is 0 Å². The second-order valence-corrected chi connectivity index (χ2v) is 4.58. The van der Waals surface area contributed by atoms with Crippen molar-refractivity contribution < 1.29 is 4.39 Å². The third kappa shape index (κ3) is 3.17. The van der Waals surface area contributed by atoms with Crippen LogP contribution in [0.15, 0.2) is 54.6 Å². The Balaban J connectivity index is 2.05. The van der Waals surface area contributed by atoms with E-state index in [2.05, 4.69) is 24.4 Å². The summed E-state index contributed by atoms with van der Waals surface area (Å²) >= 11 is 0. The number of rotatable bonds is 4. The van der Waals surface area contributed by atoms with Crippen molar-refractivity contribution in [3.05, 3.63) is 71.5 Å². The van der Waals surface area contributed by atoms with Crippen LogP contribution in [-0.2, 0) is 0 Å². The molecule has 0 aromatic heterocycles. The predicted octanol–water partition coefficient (Wildman–Crippen LogP) is 4.24. The van der Waals surface area contributed by atoms with Gasteiger partial charge in [0.15, 0.2) is 0 Å². The number of benzene rings is 2. The topological polar surface area (TPSA) is 12.0 Å². The summed E-state index contributed by atoms with van der Waals surface area (Å²) in [4.78, 5) is 0. The number of hydrogen-bond donors (Lipinski definition) is 1. The van der Waals surface area contributed by atoms with Crippen molar-refractivity contribution >= 4 is 0 Å². The zero-order chi connectivity index (χ0) is 13.0. The average Bonchev–Trinajstić information content (AvgIpc) is 2.39. The fourth-order valence-corrected chi connectivity index (χ4v) is 2.09. The van der Waals surface area contributed by atoms with Crippen molar-refractivity contribution in [2.24, 2.45) is 0 Å². The molecule has 0 spiro atoms. The Morgan fingerprint density at radius 2 is 1.44 bits per heavy atom. The lowest BCUT2D eigenvalue weighted by Gasteiger charge is -2.20. The fourth-order valence-electron chi connectivity index (χ4n) is 2.09. The molecule has 1 nitrogen and oxygen atoms in total. The van der Waals surface area contributed by atoms with Crippen LogP contribution in [0.2, 0.25) is 0 Å². The first-order valence-corrected chi connectivity index (χ1v) is 6.23. The van der Waals surface area contributed by atoms with Crippen LogP contribution in [-0.4, -0.2) is 0 Å². The molecule has 2 atom stereocenters. The number of hydrogen-bond acceptors (Lipinski definition) is 1. The van der Waals surface area contributed by atoms with Gasteiger partial charge in [-0.15, -0.1) is 0 Å². The largest absolute Gasteiger partial charge is 0.304 e. The molecule has 0 aliphatic rings. The number of nitrogens with one attached hydrogen (secondary N) is 1. The third-order valence-electron chi connectivity index (χ3n) is 3.15. The molecule has 1 N–H and O–H groups in total. The van der Waals surface area contributed by atoms with Gasteiger partial charge in [0.05, 0.1) is 0 Å². The summed E-state index contributed by atoms with van der Waals surface area (Å²) in [6.45, 7) is 4.17. The molecule has 0 radical (unpaired) electrons. The van der Waals surface area contributed by atoms with E-state index >= 15 is 0 Å². The van der Waals surface area contributed by atoms with Gasteiger partial charge in [-0.3, -0.25) is 0 Å². The van der Waals surface area contributed by atoms with E-state index in [-0.39, 0.29) is 17.9 Å². The van der Waals surface area contributed by atoms with E-state index in [4.69, 9.17) is 0 Å². The van der Waals surface area contributed by atoms with Crippen LogP contribution in [0.4, 0.5) is 4.39 Å². The van der Waals surface area contributed by atoms with E-state index in [0.717, 1.165) is 5.56 Å². The Hall–Kier alpha value is -1.67. The summed E-state index contributed by atoms with van der Waals surface area (Å²) < 4.78 is 13.2. The van der Waals surface area contributed by atoms with Crippen molar-refractivity contribution in [2.75, 3.05) is 0 Å². The SMILES string of the molecule is CC(NC(C)c1cccc(F)c1)c1ccccc1. The standard InChI is InChI=1S/C16H18FN/c1-12(14-7-4-3-5-8-14)18-13(2)15-9-6-10-16(17)11-15/h3-13,18H,1-2H3. The maximum absolute atomic E-state index is 13.2. The molecule has 0 heterocycles. The zero-order valence-electron chi connectivity index (χ0n) is 10.7. The van der Waals surface area contributed by atoms with Crippen molar-refractivity contribution in [3.63, 3.8) is 0 Å². The fraction of sp³-hybridized carbons (Fsp3) is 0.250. The molecule has 0 aliphatic heterocycles. The zero-order valence-corrected chi connectivity index (χ0v) is 10.7. The Kier molecular flexibility index (Phi) is 4.11. The molecule has 2 aromatic rings. The van der Waals surface area contributed by atoms with Crippen molar-refractivity contribution in [1.82, 2.24) is 5.32 Å². The van der Waals surface area contributed by atoms with Gasteiger partial charge < -0.3 is 5.32 Å². The second kappa shape index (κ2) is 5.78. The first-order chi connectivity index (χ1) is 8.66. The normalized spacial score (nSPS) is 14.2.